The Morgan fingerprint density at radius 2 is 2.03 bits per heavy atom. The predicted octanol–water partition coefficient (Wildman–Crippen LogP) is 2.87. The Kier molecular flexibility index (Phi) is 4.52. The van der Waals surface area contributed by atoms with Crippen LogP contribution in [0.3, 0.4) is 0 Å². The van der Waals surface area contributed by atoms with Crippen molar-refractivity contribution in [1.82, 2.24) is 4.98 Å². The molecule has 7 nitrogen and oxygen atoms in total. The summed E-state index contributed by atoms with van der Waals surface area (Å²) < 4.78 is 28.5. The highest BCUT2D eigenvalue weighted by atomic mass is 35.5. The van der Waals surface area contributed by atoms with Crippen LogP contribution in [0.25, 0.3) is 10.8 Å². The Balaban J connectivity index is 1.97. The first kappa shape index (κ1) is 19.3. The molecule has 0 saturated heterocycles. The molecule has 1 N–H and O–H groups in total. The Bertz CT molecular complexity index is 1360. The zero-order chi connectivity index (χ0) is 20.9. The molecule has 148 valence electrons. The SMILES string of the molecule is CN(C)c1cc(C#N)cc2c1CCN2S(=O)(=O)c1cccc2c(=O)[nH]cc(Cl)c12. The molecule has 0 bridgehead atoms. The number of nitrogens with zero attached hydrogens (tertiary/aromatic N) is 3. The number of fused-ring (bicyclic) bond motifs is 2. The summed E-state index contributed by atoms with van der Waals surface area (Å²) in [6.45, 7) is 0.241. The molecule has 0 fully saturated rings. The van der Waals surface area contributed by atoms with Gasteiger partial charge >= 0.3 is 0 Å². The number of pyridine rings is 1. The maximum absolute atomic E-state index is 13.6. The van der Waals surface area contributed by atoms with E-state index in [1.165, 1.54) is 28.7 Å². The van der Waals surface area contributed by atoms with Gasteiger partial charge in [0.15, 0.2) is 0 Å². The molecule has 0 atom stereocenters. The number of rotatable bonds is 3. The summed E-state index contributed by atoms with van der Waals surface area (Å²) in [7, 11) is -0.313. The molecule has 9 heteroatoms. The van der Waals surface area contributed by atoms with E-state index in [1.54, 1.807) is 12.1 Å². The Morgan fingerprint density at radius 1 is 1.28 bits per heavy atom. The number of hydrogen-bond acceptors (Lipinski definition) is 5. The third-order valence-corrected chi connectivity index (χ3v) is 7.21. The minimum atomic E-state index is -4.02. The van der Waals surface area contributed by atoms with Crippen molar-refractivity contribution in [2.75, 3.05) is 29.8 Å². The molecule has 0 saturated carbocycles. The topological polar surface area (TPSA) is 97.3 Å². The van der Waals surface area contributed by atoms with Crippen molar-refractivity contribution in [3.05, 3.63) is 63.0 Å². The molecule has 0 amide bonds. The highest BCUT2D eigenvalue weighted by molar-refractivity contribution is 7.93. The van der Waals surface area contributed by atoms with Gasteiger partial charge in [-0.25, -0.2) is 8.42 Å². The van der Waals surface area contributed by atoms with E-state index in [1.807, 2.05) is 19.0 Å². The van der Waals surface area contributed by atoms with Crippen molar-refractivity contribution in [2.45, 2.75) is 11.3 Å². The molecule has 29 heavy (non-hydrogen) atoms. The molecule has 0 spiro atoms. The maximum atomic E-state index is 13.6. The first-order chi connectivity index (χ1) is 13.8. The van der Waals surface area contributed by atoms with E-state index in [0.717, 1.165) is 11.3 Å². The lowest BCUT2D eigenvalue weighted by atomic mass is 10.1. The number of aromatic nitrogens is 1. The van der Waals surface area contributed by atoms with E-state index >= 15 is 0 Å². The fourth-order valence-electron chi connectivity index (χ4n) is 3.75. The second kappa shape index (κ2) is 6.79. The van der Waals surface area contributed by atoms with Crippen LogP contribution in [0.1, 0.15) is 11.1 Å². The second-order valence-electron chi connectivity index (χ2n) is 6.97. The minimum absolute atomic E-state index is 0.0345. The normalized spacial score (nSPS) is 13.4. The van der Waals surface area contributed by atoms with Crippen molar-refractivity contribution in [3.63, 3.8) is 0 Å². The van der Waals surface area contributed by atoms with Crippen LogP contribution in [-0.4, -0.2) is 34.0 Å². The van der Waals surface area contributed by atoms with Crippen molar-refractivity contribution in [2.24, 2.45) is 0 Å². The Labute approximate surface area is 172 Å². The summed E-state index contributed by atoms with van der Waals surface area (Å²) in [5, 5.41) is 9.94. The van der Waals surface area contributed by atoms with Crippen molar-refractivity contribution in [1.29, 1.82) is 5.26 Å². The number of hydrogen-bond donors (Lipinski definition) is 1. The zero-order valence-corrected chi connectivity index (χ0v) is 17.3. The second-order valence-corrected chi connectivity index (χ2v) is 9.21. The first-order valence-electron chi connectivity index (χ1n) is 8.82. The van der Waals surface area contributed by atoms with Gasteiger partial charge in [-0.15, -0.1) is 0 Å². The van der Waals surface area contributed by atoms with Crippen LogP contribution in [0.2, 0.25) is 5.02 Å². The lowest BCUT2D eigenvalue weighted by molar-refractivity contribution is 0.593. The molecular formula is C20H17ClN4O3S. The van der Waals surface area contributed by atoms with Crippen LogP contribution in [0.5, 0.6) is 0 Å². The summed E-state index contributed by atoms with van der Waals surface area (Å²) in [6, 6.07) is 9.94. The van der Waals surface area contributed by atoms with E-state index in [0.29, 0.717) is 17.7 Å². The molecular weight excluding hydrogens is 412 g/mol. The standard InChI is InChI=1S/C20H17ClN4O3S/c1-24(2)16-8-12(10-22)9-17-13(16)6-7-25(17)29(27,28)18-5-3-4-14-19(18)15(21)11-23-20(14)26/h3-5,8-9,11H,6-7H2,1-2H3,(H,23,26). The van der Waals surface area contributed by atoms with Crippen LogP contribution in [-0.2, 0) is 16.4 Å². The van der Waals surface area contributed by atoms with Gasteiger partial charge in [0.2, 0.25) is 0 Å². The molecule has 3 aromatic rings. The lowest BCUT2D eigenvalue weighted by Gasteiger charge is -2.22. The predicted molar refractivity (Wildman–Crippen MR) is 113 cm³/mol. The number of H-pyrrole nitrogens is 1. The fourth-order valence-corrected chi connectivity index (χ4v) is 5.78. The summed E-state index contributed by atoms with van der Waals surface area (Å²) >= 11 is 6.26. The zero-order valence-electron chi connectivity index (χ0n) is 15.7. The molecule has 1 aliphatic rings. The van der Waals surface area contributed by atoms with E-state index in [4.69, 9.17) is 11.6 Å². The van der Waals surface area contributed by atoms with E-state index < -0.39 is 15.6 Å². The Hall–Kier alpha value is -3.02. The van der Waals surface area contributed by atoms with E-state index in [-0.39, 0.29) is 27.2 Å². The van der Waals surface area contributed by atoms with Crippen molar-refractivity contribution in [3.8, 4) is 6.07 Å². The Morgan fingerprint density at radius 3 is 2.72 bits per heavy atom. The molecule has 1 aromatic heterocycles. The first-order valence-corrected chi connectivity index (χ1v) is 10.6. The maximum Gasteiger partial charge on any atom is 0.265 e. The van der Waals surface area contributed by atoms with Crippen LogP contribution < -0.4 is 14.8 Å². The summed E-state index contributed by atoms with van der Waals surface area (Å²) in [5.41, 5.74) is 2.11. The van der Waals surface area contributed by atoms with Crippen LogP contribution in [0, 0.1) is 11.3 Å². The van der Waals surface area contributed by atoms with Gasteiger partial charge in [0.1, 0.15) is 0 Å². The van der Waals surface area contributed by atoms with Gasteiger partial charge in [0, 0.05) is 48.9 Å². The van der Waals surface area contributed by atoms with Gasteiger partial charge in [0.25, 0.3) is 15.6 Å². The fraction of sp³-hybridized carbons (Fsp3) is 0.200. The largest absolute Gasteiger partial charge is 0.377 e. The van der Waals surface area contributed by atoms with Gasteiger partial charge < -0.3 is 9.88 Å². The summed E-state index contributed by atoms with van der Waals surface area (Å²) in [5.74, 6) is 0. The highest BCUT2D eigenvalue weighted by Gasteiger charge is 2.34. The number of halogens is 1. The summed E-state index contributed by atoms with van der Waals surface area (Å²) in [4.78, 5) is 16.5. The van der Waals surface area contributed by atoms with Crippen molar-refractivity contribution >= 4 is 43.8 Å². The smallest absolute Gasteiger partial charge is 0.265 e. The third kappa shape index (κ3) is 2.94. The third-order valence-electron chi connectivity index (χ3n) is 5.06. The van der Waals surface area contributed by atoms with Gasteiger partial charge in [0.05, 0.1) is 27.2 Å². The number of nitriles is 1. The van der Waals surface area contributed by atoms with Gasteiger partial charge in [-0.3, -0.25) is 9.10 Å². The molecule has 2 heterocycles. The van der Waals surface area contributed by atoms with Crippen LogP contribution in [0.4, 0.5) is 11.4 Å². The average Bonchev–Trinajstić information content (AvgIpc) is 3.14. The average molecular weight is 429 g/mol. The lowest BCUT2D eigenvalue weighted by Crippen LogP contribution is -2.29. The molecule has 0 aliphatic carbocycles. The minimum Gasteiger partial charge on any atom is -0.377 e. The highest BCUT2D eigenvalue weighted by Crippen LogP contribution is 2.40. The quantitative estimate of drug-likeness (QED) is 0.691. The number of sulfonamides is 1. The van der Waals surface area contributed by atoms with Gasteiger partial charge in [-0.05, 0) is 30.7 Å². The molecule has 4 rings (SSSR count). The number of aromatic amines is 1. The molecule has 0 unspecified atom stereocenters. The molecule has 2 aromatic carbocycles. The van der Waals surface area contributed by atoms with E-state index in [2.05, 4.69) is 11.1 Å². The monoisotopic (exact) mass is 428 g/mol. The molecule has 1 aliphatic heterocycles. The number of nitrogens with one attached hydrogen (secondary N) is 1. The van der Waals surface area contributed by atoms with Crippen molar-refractivity contribution < 1.29 is 8.42 Å². The van der Waals surface area contributed by atoms with Gasteiger partial charge in [-0.2, -0.15) is 5.26 Å². The number of benzene rings is 2. The number of anilines is 2. The summed E-state index contributed by atoms with van der Waals surface area (Å²) in [6.07, 6.45) is 1.81. The van der Waals surface area contributed by atoms with Crippen LogP contribution in [0.15, 0.2) is 46.2 Å². The van der Waals surface area contributed by atoms with E-state index in [9.17, 15) is 18.5 Å². The van der Waals surface area contributed by atoms with Crippen LogP contribution >= 0.6 is 11.6 Å². The van der Waals surface area contributed by atoms with Gasteiger partial charge in [-0.1, -0.05) is 17.7 Å². The molecule has 0 radical (unpaired) electrons.